The van der Waals surface area contributed by atoms with E-state index in [1.807, 2.05) is 42.1 Å². The van der Waals surface area contributed by atoms with E-state index in [4.69, 9.17) is 11.6 Å². The maximum Gasteiger partial charge on any atom is 0.315 e. The van der Waals surface area contributed by atoms with Crippen LogP contribution in [-0.4, -0.2) is 27.9 Å². The zero-order valence-electron chi connectivity index (χ0n) is 15.9. The molecule has 0 aliphatic heterocycles. The van der Waals surface area contributed by atoms with Crippen molar-refractivity contribution in [3.63, 3.8) is 0 Å². The Morgan fingerprint density at radius 3 is 2.54 bits per heavy atom. The Kier molecular flexibility index (Phi) is 7.01. The van der Waals surface area contributed by atoms with E-state index in [1.54, 1.807) is 18.0 Å². The molecular weight excluding hydrogens is 392 g/mol. The molecule has 1 heterocycles. The Balaban J connectivity index is 1.57. The van der Waals surface area contributed by atoms with E-state index in [0.717, 1.165) is 17.1 Å². The molecule has 0 spiro atoms. The minimum atomic E-state index is -0.359. The van der Waals surface area contributed by atoms with Gasteiger partial charge in [-0.25, -0.2) is 9.78 Å². The highest BCUT2D eigenvalue weighted by Crippen LogP contribution is 2.22. The first-order valence-electron chi connectivity index (χ1n) is 8.99. The monoisotopic (exact) mass is 414 g/mol. The third-order valence-electron chi connectivity index (χ3n) is 4.27. The van der Waals surface area contributed by atoms with E-state index < -0.39 is 0 Å². The third kappa shape index (κ3) is 5.53. The predicted octanol–water partition coefficient (Wildman–Crippen LogP) is 4.56. The summed E-state index contributed by atoms with van der Waals surface area (Å²) in [5, 5.41) is 6.59. The van der Waals surface area contributed by atoms with Crippen LogP contribution >= 0.6 is 23.4 Å². The highest BCUT2D eigenvalue weighted by Gasteiger charge is 2.20. The molecule has 28 heavy (non-hydrogen) atoms. The largest absolute Gasteiger partial charge is 0.337 e. The molecule has 0 bridgehead atoms. The molecule has 2 N–H and O–H groups in total. The van der Waals surface area contributed by atoms with Crippen molar-refractivity contribution in [3.05, 3.63) is 82.9 Å². The lowest BCUT2D eigenvalue weighted by Crippen LogP contribution is -2.40. The molecule has 0 aliphatic rings. The van der Waals surface area contributed by atoms with Crippen molar-refractivity contribution in [2.75, 3.05) is 12.3 Å². The van der Waals surface area contributed by atoms with E-state index in [9.17, 15) is 4.79 Å². The van der Waals surface area contributed by atoms with Gasteiger partial charge in [-0.05, 0) is 36.8 Å². The summed E-state index contributed by atoms with van der Waals surface area (Å²) in [5.41, 5.74) is 2.16. The number of amides is 2. The Morgan fingerprint density at radius 1 is 1.18 bits per heavy atom. The lowest BCUT2D eigenvalue weighted by Gasteiger charge is -2.19. The van der Waals surface area contributed by atoms with Crippen molar-refractivity contribution >= 4 is 29.4 Å². The van der Waals surface area contributed by atoms with Crippen LogP contribution in [0.1, 0.15) is 23.0 Å². The molecule has 0 saturated heterocycles. The fourth-order valence-electron chi connectivity index (χ4n) is 2.76. The SMILES string of the molecule is Cc1ccc(SCCNC(=O)NC(c2ccc(Cl)cc2)c2nccn2C)cc1. The Morgan fingerprint density at radius 2 is 1.89 bits per heavy atom. The number of thioether (sulfide) groups is 1. The van der Waals surface area contributed by atoms with Gasteiger partial charge in [0.1, 0.15) is 11.9 Å². The number of rotatable bonds is 7. The van der Waals surface area contributed by atoms with Crippen LogP contribution in [0.4, 0.5) is 4.79 Å². The van der Waals surface area contributed by atoms with E-state index in [-0.39, 0.29) is 12.1 Å². The normalized spacial score (nSPS) is 11.8. The van der Waals surface area contributed by atoms with Gasteiger partial charge in [0.15, 0.2) is 0 Å². The van der Waals surface area contributed by atoms with Gasteiger partial charge < -0.3 is 15.2 Å². The van der Waals surface area contributed by atoms with Gasteiger partial charge in [-0.1, -0.05) is 41.4 Å². The van der Waals surface area contributed by atoms with Gasteiger partial charge in [-0.15, -0.1) is 11.8 Å². The number of carbonyl (C=O) groups excluding carboxylic acids is 1. The Hall–Kier alpha value is -2.44. The lowest BCUT2D eigenvalue weighted by atomic mass is 10.1. The minimum absolute atomic E-state index is 0.229. The van der Waals surface area contributed by atoms with Crippen LogP contribution in [0.2, 0.25) is 5.02 Å². The molecule has 0 aliphatic carbocycles. The summed E-state index contributed by atoms with van der Waals surface area (Å²) in [7, 11) is 1.91. The number of hydrogen-bond donors (Lipinski definition) is 2. The molecule has 2 aromatic carbocycles. The number of hydrogen-bond acceptors (Lipinski definition) is 3. The van der Waals surface area contributed by atoms with Crippen LogP contribution < -0.4 is 10.6 Å². The average Bonchev–Trinajstić information content (AvgIpc) is 3.11. The number of aryl methyl sites for hydroxylation is 2. The Bertz CT molecular complexity index is 909. The lowest BCUT2D eigenvalue weighted by molar-refractivity contribution is 0.238. The molecule has 3 rings (SSSR count). The fraction of sp³-hybridized carbons (Fsp3) is 0.238. The molecule has 2 amide bonds. The quantitative estimate of drug-likeness (QED) is 0.440. The summed E-state index contributed by atoms with van der Waals surface area (Å²) in [6.45, 7) is 2.64. The predicted molar refractivity (Wildman–Crippen MR) is 115 cm³/mol. The van der Waals surface area contributed by atoms with E-state index in [2.05, 4.69) is 46.8 Å². The number of urea groups is 1. The number of imidazole rings is 1. The number of nitrogens with one attached hydrogen (secondary N) is 2. The first-order valence-corrected chi connectivity index (χ1v) is 10.4. The fourth-order valence-corrected chi connectivity index (χ4v) is 3.65. The molecule has 1 atom stereocenters. The summed E-state index contributed by atoms with van der Waals surface area (Å²) in [6.07, 6.45) is 3.58. The summed E-state index contributed by atoms with van der Waals surface area (Å²) >= 11 is 7.71. The van der Waals surface area contributed by atoms with Crippen LogP contribution in [0.3, 0.4) is 0 Å². The molecule has 0 radical (unpaired) electrons. The van der Waals surface area contributed by atoms with Crippen LogP contribution in [0.5, 0.6) is 0 Å². The number of aromatic nitrogens is 2. The molecule has 1 aromatic heterocycles. The smallest absolute Gasteiger partial charge is 0.315 e. The second-order valence-electron chi connectivity index (χ2n) is 6.44. The standard InChI is InChI=1S/C21H23ClN4OS/c1-15-3-9-18(10-4-15)28-14-12-24-21(27)25-19(20-23-11-13-26(20)2)16-5-7-17(22)8-6-16/h3-11,13,19H,12,14H2,1-2H3,(H2,24,25,27). The van der Waals surface area contributed by atoms with Crippen molar-refractivity contribution in [1.29, 1.82) is 0 Å². The van der Waals surface area contributed by atoms with Crippen molar-refractivity contribution < 1.29 is 4.79 Å². The second kappa shape index (κ2) is 9.66. The van der Waals surface area contributed by atoms with Gasteiger partial charge in [-0.3, -0.25) is 0 Å². The Labute approximate surface area is 174 Å². The summed E-state index contributed by atoms with van der Waals surface area (Å²) in [6, 6.07) is 15.2. The van der Waals surface area contributed by atoms with Gasteiger partial charge >= 0.3 is 6.03 Å². The summed E-state index contributed by atoms with van der Waals surface area (Å²) in [5.74, 6) is 1.55. The molecular formula is C21H23ClN4OS. The molecule has 146 valence electrons. The van der Waals surface area contributed by atoms with Crippen LogP contribution in [0.25, 0.3) is 0 Å². The molecule has 5 nitrogen and oxygen atoms in total. The molecule has 0 saturated carbocycles. The minimum Gasteiger partial charge on any atom is -0.337 e. The van der Waals surface area contributed by atoms with Gasteiger partial charge in [0.05, 0.1) is 0 Å². The topological polar surface area (TPSA) is 59.0 Å². The summed E-state index contributed by atoms with van der Waals surface area (Å²) < 4.78 is 1.90. The zero-order chi connectivity index (χ0) is 19.9. The van der Waals surface area contributed by atoms with E-state index >= 15 is 0 Å². The van der Waals surface area contributed by atoms with Crippen LogP contribution in [0.15, 0.2) is 65.8 Å². The highest BCUT2D eigenvalue weighted by atomic mass is 35.5. The van der Waals surface area contributed by atoms with Crippen molar-refractivity contribution in [3.8, 4) is 0 Å². The van der Waals surface area contributed by atoms with Gasteiger partial charge in [-0.2, -0.15) is 0 Å². The molecule has 1 unspecified atom stereocenters. The zero-order valence-corrected chi connectivity index (χ0v) is 17.4. The number of halogens is 1. The highest BCUT2D eigenvalue weighted by molar-refractivity contribution is 7.99. The third-order valence-corrected chi connectivity index (χ3v) is 5.54. The van der Waals surface area contributed by atoms with E-state index in [1.165, 1.54) is 10.5 Å². The molecule has 0 fully saturated rings. The average molecular weight is 415 g/mol. The first-order chi connectivity index (χ1) is 13.5. The van der Waals surface area contributed by atoms with Gasteiger partial charge in [0, 0.05) is 41.7 Å². The number of nitrogens with zero attached hydrogens (tertiary/aromatic N) is 2. The van der Waals surface area contributed by atoms with Crippen molar-refractivity contribution in [1.82, 2.24) is 20.2 Å². The van der Waals surface area contributed by atoms with Gasteiger partial charge in [0.2, 0.25) is 0 Å². The van der Waals surface area contributed by atoms with Gasteiger partial charge in [0.25, 0.3) is 0 Å². The maximum absolute atomic E-state index is 12.5. The maximum atomic E-state index is 12.5. The van der Waals surface area contributed by atoms with Crippen LogP contribution in [0, 0.1) is 6.92 Å². The number of benzene rings is 2. The molecule has 3 aromatic rings. The molecule has 7 heteroatoms. The summed E-state index contributed by atoms with van der Waals surface area (Å²) in [4.78, 5) is 18.1. The van der Waals surface area contributed by atoms with Crippen molar-refractivity contribution in [2.45, 2.75) is 17.9 Å². The van der Waals surface area contributed by atoms with E-state index in [0.29, 0.717) is 11.6 Å². The van der Waals surface area contributed by atoms with Crippen LogP contribution in [-0.2, 0) is 7.05 Å². The van der Waals surface area contributed by atoms with Crippen molar-refractivity contribution in [2.24, 2.45) is 7.05 Å². The second-order valence-corrected chi connectivity index (χ2v) is 8.05. The first kappa shape index (κ1) is 20.3. The number of carbonyl (C=O) groups is 1.